The van der Waals surface area contributed by atoms with E-state index in [1.807, 2.05) is 0 Å². The Kier molecular flexibility index (Phi) is 7.18. The van der Waals surface area contributed by atoms with Crippen molar-refractivity contribution in [2.24, 2.45) is 5.92 Å². The Morgan fingerprint density at radius 2 is 1.71 bits per heavy atom. The smallest absolute Gasteiger partial charge is 0.407 e. The first-order valence-electron chi connectivity index (χ1n) is 11.7. The van der Waals surface area contributed by atoms with E-state index in [1.165, 1.54) is 0 Å². The molecule has 1 aliphatic heterocycles. The van der Waals surface area contributed by atoms with Crippen molar-refractivity contribution in [1.29, 1.82) is 0 Å². The van der Waals surface area contributed by atoms with Gasteiger partial charge in [-0.3, -0.25) is 0 Å². The summed E-state index contributed by atoms with van der Waals surface area (Å²) in [5.74, 6) is -3.13. The molecule has 0 unspecified atom stereocenters. The third-order valence-corrected chi connectivity index (χ3v) is 7.44. The molecule has 0 spiro atoms. The molecule has 2 aliphatic rings. The average molecular weight is 508 g/mol. The summed E-state index contributed by atoms with van der Waals surface area (Å²) in [7, 11) is 0. The normalized spacial score (nSPS) is 22.0. The molecule has 1 aromatic carbocycles. The van der Waals surface area contributed by atoms with E-state index in [-0.39, 0.29) is 48.5 Å². The highest BCUT2D eigenvalue weighted by atomic mass is 19.4. The Morgan fingerprint density at radius 1 is 1.09 bits per heavy atom. The molecule has 3 rings (SSSR count). The zero-order chi connectivity index (χ0) is 26.4. The molecule has 0 amide bonds. The number of unbranched alkanes of at least 4 members (excludes halogenated alkanes) is 3. The predicted molar refractivity (Wildman–Crippen MR) is 117 cm³/mol. The van der Waals surface area contributed by atoms with Crippen LogP contribution in [-0.2, 0) is 10.2 Å². The Morgan fingerprint density at radius 3 is 2.26 bits per heavy atom. The van der Waals surface area contributed by atoms with Crippen LogP contribution in [0.15, 0.2) is 23.8 Å². The summed E-state index contributed by atoms with van der Waals surface area (Å²) in [6.07, 6.45) is -9.69. The standard InChI is InChI=1S/C25H30F6O4/c1-4-5-6-7-10-23(24(26,27)28,25(29,30)31)15-12-18(32)20-16-11-14(21(33)34)8-9-17(16)22(2,3)35-19(20)13-15/h8,12-13,16-17,32H,4-7,9-11H2,1-3H3,(H,33,34)/t16-,17-/m1/s1. The van der Waals surface area contributed by atoms with Crippen LogP contribution >= 0.6 is 0 Å². The zero-order valence-electron chi connectivity index (χ0n) is 19.8. The fraction of sp³-hybridized carbons (Fsp3) is 0.640. The molecule has 2 N–H and O–H groups in total. The first kappa shape index (κ1) is 27.2. The van der Waals surface area contributed by atoms with Gasteiger partial charge in [-0.2, -0.15) is 26.3 Å². The minimum Gasteiger partial charge on any atom is -0.508 e. The number of allylic oxidation sites excluding steroid dienone is 1. The number of carboxylic acids is 1. The lowest BCUT2D eigenvalue weighted by Crippen LogP contribution is -2.54. The molecule has 2 atom stereocenters. The maximum absolute atomic E-state index is 14.3. The van der Waals surface area contributed by atoms with Crippen molar-refractivity contribution in [3.05, 3.63) is 34.9 Å². The fourth-order valence-electron chi connectivity index (χ4n) is 5.55. The van der Waals surface area contributed by atoms with Crippen molar-refractivity contribution in [1.82, 2.24) is 0 Å². The van der Waals surface area contributed by atoms with Crippen LogP contribution in [0.4, 0.5) is 26.3 Å². The van der Waals surface area contributed by atoms with Crippen molar-refractivity contribution < 1.29 is 46.1 Å². The Hall–Kier alpha value is -2.39. The number of ether oxygens (including phenoxy) is 1. The van der Waals surface area contributed by atoms with Gasteiger partial charge in [0.1, 0.15) is 17.1 Å². The SMILES string of the molecule is CCCCCCC(c1cc(O)c2c(c1)OC(C)(C)[C@@H]1CC=C(C(=O)O)C[C@@H]21)(C(F)(F)F)C(F)(F)F. The number of alkyl halides is 6. The number of rotatable bonds is 7. The van der Waals surface area contributed by atoms with Gasteiger partial charge in [0.15, 0.2) is 5.41 Å². The maximum Gasteiger partial charge on any atom is 0.407 e. The summed E-state index contributed by atoms with van der Waals surface area (Å²) in [5.41, 5.74) is -6.18. The number of phenolic OH excluding ortho intramolecular Hbond substituents is 1. The maximum atomic E-state index is 14.3. The molecule has 4 nitrogen and oxygen atoms in total. The molecule has 0 radical (unpaired) electrons. The van der Waals surface area contributed by atoms with Crippen LogP contribution in [0.3, 0.4) is 0 Å². The zero-order valence-corrected chi connectivity index (χ0v) is 19.8. The Bertz CT molecular complexity index is 979. The van der Waals surface area contributed by atoms with Gasteiger partial charge in [0.25, 0.3) is 0 Å². The van der Waals surface area contributed by atoms with Gasteiger partial charge in [-0.15, -0.1) is 0 Å². The lowest BCUT2D eigenvalue weighted by atomic mass is 9.66. The quantitative estimate of drug-likeness (QED) is 0.298. The number of halogens is 6. The molecular formula is C25H30F6O4. The van der Waals surface area contributed by atoms with E-state index in [1.54, 1.807) is 26.8 Å². The highest BCUT2D eigenvalue weighted by Crippen LogP contribution is 2.59. The molecule has 0 aromatic heterocycles. The topological polar surface area (TPSA) is 66.8 Å². The largest absolute Gasteiger partial charge is 0.508 e. The van der Waals surface area contributed by atoms with E-state index in [4.69, 9.17) is 4.74 Å². The number of hydrogen-bond donors (Lipinski definition) is 2. The molecule has 1 heterocycles. The van der Waals surface area contributed by atoms with Crippen molar-refractivity contribution in [2.45, 2.75) is 95.0 Å². The Balaban J connectivity index is 2.18. The minimum absolute atomic E-state index is 0.0204. The monoisotopic (exact) mass is 508 g/mol. The number of carboxylic acid groups (broad SMARTS) is 1. The van der Waals surface area contributed by atoms with Gasteiger partial charge in [0.05, 0.1) is 0 Å². The van der Waals surface area contributed by atoms with Crippen LogP contribution in [0.5, 0.6) is 11.5 Å². The minimum atomic E-state index is -5.67. The molecule has 0 saturated heterocycles. The van der Waals surface area contributed by atoms with Gasteiger partial charge in [0, 0.05) is 23.0 Å². The van der Waals surface area contributed by atoms with Crippen LogP contribution in [-0.4, -0.2) is 34.1 Å². The first-order chi connectivity index (χ1) is 16.1. The number of aliphatic carboxylic acids is 1. The second-order valence-corrected chi connectivity index (χ2v) is 10.0. The third-order valence-electron chi connectivity index (χ3n) is 7.44. The lowest BCUT2D eigenvalue weighted by Gasteiger charge is -2.47. The van der Waals surface area contributed by atoms with Crippen molar-refractivity contribution in [3.8, 4) is 11.5 Å². The van der Waals surface area contributed by atoms with Crippen LogP contribution in [0.2, 0.25) is 0 Å². The molecule has 10 heteroatoms. The summed E-state index contributed by atoms with van der Waals surface area (Å²) in [6, 6.07) is 1.28. The van der Waals surface area contributed by atoms with Crippen molar-refractivity contribution in [3.63, 3.8) is 0 Å². The van der Waals surface area contributed by atoms with Crippen LogP contribution in [0.25, 0.3) is 0 Å². The van der Waals surface area contributed by atoms with E-state index < -0.39 is 53.0 Å². The van der Waals surface area contributed by atoms with Crippen LogP contribution < -0.4 is 4.74 Å². The van der Waals surface area contributed by atoms with E-state index in [0.717, 1.165) is 6.07 Å². The molecule has 196 valence electrons. The summed E-state index contributed by atoms with van der Waals surface area (Å²) in [6.45, 7) is 5.11. The van der Waals surface area contributed by atoms with E-state index >= 15 is 0 Å². The molecular weight excluding hydrogens is 478 g/mol. The molecule has 0 bridgehead atoms. The van der Waals surface area contributed by atoms with E-state index in [9.17, 15) is 41.4 Å². The summed E-state index contributed by atoms with van der Waals surface area (Å²) >= 11 is 0. The highest BCUT2D eigenvalue weighted by Gasteiger charge is 2.71. The summed E-state index contributed by atoms with van der Waals surface area (Å²) < 4.78 is 91.6. The van der Waals surface area contributed by atoms with Gasteiger partial charge < -0.3 is 14.9 Å². The number of phenols is 1. The van der Waals surface area contributed by atoms with Crippen molar-refractivity contribution in [2.75, 3.05) is 0 Å². The fourth-order valence-corrected chi connectivity index (χ4v) is 5.55. The van der Waals surface area contributed by atoms with Crippen molar-refractivity contribution >= 4 is 5.97 Å². The average Bonchev–Trinajstić information content (AvgIpc) is 2.70. The van der Waals surface area contributed by atoms with E-state index in [0.29, 0.717) is 18.9 Å². The van der Waals surface area contributed by atoms with Crippen LogP contribution in [0.1, 0.15) is 82.8 Å². The molecule has 35 heavy (non-hydrogen) atoms. The van der Waals surface area contributed by atoms with Gasteiger partial charge in [-0.05, 0) is 50.8 Å². The third kappa shape index (κ3) is 4.72. The second kappa shape index (κ2) is 9.24. The van der Waals surface area contributed by atoms with Gasteiger partial charge >= 0.3 is 18.3 Å². The number of hydrogen-bond acceptors (Lipinski definition) is 3. The second-order valence-electron chi connectivity index (χ2n) is 10.0. The van der Waals surface area contributed by atoms with Gasteiger partial charge in [0.2, 0.25) is 0 Å². The van der Waals surface area contributed by atoms with Gasteiger partial charge in [-0.25, -0.2) is 4.79 Å². The highest BCUT2D eigenvalue weighted by molar-refractivity contribution is 5.87. The molecule has 0 saturated carbocycles. The van der Waals surface area contributed by atoms with Gasteiger partial charge in [-0.1, -0.05) is 38.7 Å². The molecule has 0 fully saturated rings. The number of benzene rings is 1. The van der Waals surface area contributed by atoms with Crippen LogP contribution in [0, 0.1) is 5.92 Å². The number of fused-ring (bicyclic) bond motifs is 3. The van der Waals surface area contributed by atoms with E-state index in [2.05, 4.69) is 0 Å². The molecule has 1 aliphatic carbocycles. The molecule has 1 aromatic rings. The summed E-state index contributed by atoms with van der Waals surface area (Å²) in [4.78, 5) is 11.5. The predicted octanol–water partition coefficient (Wildman–Crippen LogP) is 7.40. The number of carbonyl (C=O) groups is 1. The number of aromatic hydroxyl groups is 1. The first-order valence-corrected chi connectivity index (χ1v) is 11.7. The Labute approximate surface area is 200 Å². The summed E-state index contributed by atoms with van der Waals surface area (Å²) in [5, 5.41) is 20.2. The lowest BCUT2D eigenvalue weighted by molar-refractivity contribution is -0.305.